The van der Waals surface area contributed by atoms with Gasteiger partial charge in [-0.3, -0.25) is 4.84 Å². The van der Waals surface area contributed by atoms with Crippen LogP contribution in [-0.2, 0) is 11.4 Å². The van der Waals surface area contributed by atoms with Gasteiger partial charge in [-0.05, 0) is 33.3 Å². The van der Waals surface area contributed by atoms with Crippen LogP contribution in [0.25, 0.3) is 0 Å². The van der Waals surface area contributed by atoms with Crippen LogP contribution in [0.1, 0.15) is 33.3 Å². The Morgan fingerprint density at radius 3 is 2.11 bits per heavy atom. The molecule has 0 spiro atoms. The zero-order chi connectivity index (χ0) is 14.1. The molecule has 0 unspecified atom stereocenters. The third kappa shape index (κ3) is 3.34. The summed E-state index contributed by atoms with van der Waals surface area (Å²) in [5, 5.41) is 13.6. The van der Waals surface area contributed by atoms with Gasteiger partial charge in [0.15, 0.2) is 0 Å². The van der Waals surface area contributed by atoms with E-state index in [4.69, 9.17) is 4.84 Å². The van der Waals surface area contributed by atoms with Crippen LogP contribution in [0.3, 0.4) is 0 Å². The van der Waals surface area contributed by atoms with Crippen molar-refractivity contribution in [2.45, 2.75) is 45.4 Å². The molecule has 1 aliphatic heterocycles. The Morgan fingerprint density at radius 2 is 1.58 bits per heavy atom. The van der Waals surface area contributed by atoms with Crippen molar-refractivity contribution in [1.29, 1.82) is 0 Å². The Balaban J connectivity index is 1.98. The van der Waals surface area contributed by atoms with Gasteiger partial charge in [0.05, 0.1) is 17.7 Å². The van der Waals surface area contributed by atoms with Crippen molar-refractivity contribution >= 4 is 0 Å². The zero-order valence-electron chi connectivity index (χ0n) is 12.3. The summed E-state index contributed by atoms with van der Waals surface area (Å²) in [7, 11) is 0. The van der Waals surface area contributed by atoms with Gasteiger partial charge in [-0.25, -0.2) is 0 Å². The molecule has 1 aliphatic rings. The summed E-state index contributed by atoms with van der Waals surface area (Å²) in [6.45, 7) is 10.0. The molecule has 4 heteroatoms. The number of rotatable bonds is 3. The van der Waals surface area contributed by atoms with E-state index in [2.05, 4.69) is 12.1 Å². The minimum atomic E-state index is -0.321. The molecule has 0 amide bonds. The Bertz CT molecular complexity index is 399. The molecule has 1 saturated heterocycles. The van der Waals surface area contributed by atoms with Crippen LogP contribution in [-0.4, -0.2) is 39.5 Å². The summed E-state index contributed by atoms with van der Waals surface area (Å²) < 4.78 is 0. The van der Waals surface area contributed by atoms with E-state index in [1.165, 1.54) is 5.06 Å². The van der Waals surface area contributed by atoms with Crippen molar-refractivity contribution < 1.29 is 10.0 Å². The van der Waals surface area contributed by atoms with Crippen LogP contribution in [0.5, 0.6) is 0 Å². The average Bonchev–Trinajstić information content (AvgIpc) is 2.34. The van der Waals surface area contributed by atoms with Crippen LogP contribution in [0, 0.1) is 0 Å². The van der Waals surface area contributed by atoms with Gasteiger partial charge in [0, 0.05) is 13.1 Å². The highest BCUT2D eigenvalue weighted by Crippen LogP contribution is 2.30. The Labute approximate surface area is 115 Å². The molecule has 0 aliphatic carbocycles. The lowest BCUT2D eigenvalue weighted by Gasteiger charge is -2.52. The minimum absolute atomic E-state index is 0.321. The number of hydrogen-bond acceptors (Lipinski definition) is 4. The van der Waals surface area contributed by atoms with Crippen molar-refractivity contribution in [1.82, 2.24) is 10.1 Å². The third-order valence-corrected chi connectivity index (χ3v) is 3.53. The number of hydroxylamine groups is 4. The quantitative estimate of drug-likeness (QED) is 0.910. The highest BCUT2D eigenvalue weighted by atomic mass is 16.7. The zero-order valence-corrected chi connectivity index (χ0v) is 12.3. The van der Waals surface area contributed by atoms with Gasteiger partial charge in [0.2, 0.25) is 0 Å². The van der Waals surface area contributed by atoms with E-state index in [1.54, 1.807) is 0 Å². The lowest BCUT2D eigenvalue weighted by atomic mass is 9.92. The normalized spacial score (nSPS) is 23.4. The van der Waals surface area contributed by atoms with Crippen molar-refractivity contribution in [2.75, 3.05) is 13.1 Å². The molecule has 1 aromatic carbocycles. The van der Waals surface area contributed by atoms with Crippen LogP contribution in [0.4, 0.5) is 0 Å². The smallest absolute Gasteiger partial charge is 0.0935 e. The molecular weight excluding hydrogens is 240 g/mol. The predicted octanol–water partition coefficient (Wildman–Crippen LogP) is 2.68. The standard InChI is InChI=1S/C15H24N2O2/c1-14(2)11-16(12-15(3,4)17(14)18)19-10-13-8-6-5-7-9-13/h5-9,18H,10-12H2,1-4H3. The summed E-state index contributed by atoms with van der Waals surface area (Å²) >= 11 is 0. The maximum Gasteiger partial charge on any atom is 0.0935 e. The van der Waals surface area contributed by atoms with Gasteiger partial charge in [-0.15, -0.1) is 0 Å². The Morgan fingerprint density at radius 1 is 1.05 bits per heavy atom. The van der Waals surface area contributed by atoms with E-state index in [0.29, 0.717) is 19.7 Å². The molecular formula is C15H24N2O2. The summed E-state index contributed by atoms with van der Waals surface area (Å²) in [5.74, 6) is 0. The van der Waals surface area contributed by atoms with Crippen LogP contribution in [0.2, 0.25) is 0 Å². The maximum atomic E-state index is 10.2. The van der Waals surface area contributed by atoms with Gasteiger partial charge in [-0.1, -0.05) is 30.3 Å². The van der Waals surface area contributed by atoms with Gasteiger partial charge in [-0.2, -0.15) is 10.1 Å². The van der Waals surface area contributed by atoms with Crippen LogP contribution < -0.4 is 0 Å². The summed E-state index contributed by atoms with van der Waals surface area (Å²) in [5.41, 5.74) is 0.515. The fourth-order valence-electron chi connectivity index (χ4n) is 2.70. The maximum absolute atomic E-state index is 10.2. The van der Waals surface area contributed by atoms with Crippen molar-refractivity contribution in [3.8, 4) is 0 Å². The molecule has 106 valence electrons. The third-order valence-electron chi connectivity index (χ3n) is 3.53. The first kappa shape index (κ1) is 14.5. The predicted molar refractivity (Wildman–Crippen MR) is 74.6 cm³/mol. The van der Waals surface area contributed by atoms with E-state index >= 15 is 0 Å². The van der Waals surface area contributed by atoms with Gasteiger partial charge >= 0.3 is 0 Å². The van der Waals surface area contributed by atoms with E-state index in [9.17, 15) is 5.21 Å². The number of nitrogens with zero attached hydrogens (tertiary/aromatic N) is 2. The second-order valence-electron chi connectivity index (χ2n) is 6.49. The van der Waals surface area contributed by atoms with Gasteiger partial charge in [0.1, 0.15) is 0 Å². The van der Waals surface area contributed by atoms with Crippen LogP contribution in [0.15, 0.2) is 30.3 Å². The Kier molecular flexibility index (Phi) is 3.97. The molecule has 4 nitrogen and oxygen atoms in total. The summed E-state index contributed by atoms with van der Waals surface area (Å²) in [4.78, 5) is 5.88. The van der Waals surface area contributed by atoms with Gasteiger partial charge in [0.25, 0.3) is 0 Å². The van der Waals surface area contributed by atoms with Crippen molar-refractivity contribution in [3.63, 3.8) is 0 Å². The number of piperazine rings is 1. The molecule has 0 radical (unpaired) electrons. The molecule has 1 N–H and O–H groups in total. The van der Waals surface area contributed by atoms with Crippen molar-refractivity contribution in [2.24, 2.45) is 0 Å². The SMILES string of the molecule is CC1(C)CN(OCc2ccccc2)CC(C)(C)N1O. The first-order chi connectivity index (χ1) is 8.81. The first-order valence-corrected chi connectivity index (χ1v) is 6.72. The fourth-order valence-corrected chi connectivity index (χ4v) is 2.70. The second-order valence-corrected chi connectivity index (χ2v) is 6.49. The summed E-state index contributed by atoms with van der Waals surface area (Å²) in [6, 6.07) is 10.1. The highest BCUT2D eigenvalue weighted by molar-refractivity contribution is 5.13. The van der Waals surface area contributed by atoms with E-state index in [1.807, 2.05) is 51.0 Å². The fraction of sp³-hybridized carbons (Fsp3) is 0.600. The second kappa shape index (κ2) is 5.21. The largest absolute Gasteiger partial charge is 0.313 e. The highest BCUT2D eigenvalue weighted by Gasteiger charge is 2.44. The molecule has 0 bridgehead atoms. The molecule has 0 saturated carbocycles. The molecule has 0 aromatic heterocycles. The Hall–Kier alpha value is -0.940. The van der Waals surface area contributed by atoms with Crippen LogP contribution >= 0.6 is 0 Å². The molecule has 19 heavy (non-hydrogen) atoms. The molecule has 1 fully saturated rings. The minimum Gasteiger partial charge on any atom is -0.313 e. The average molecular weight is 264 g/mol. The monoisotopic (exact) mass is 264 g/mol. The lowest BCUT2D eigenvalue weighted by Crippen LogP contribution is -2.67. The number of benzene rings is 1. The molecule has 2 rings (SSSR count). The van der Waals surface area contributed by atoms with Gasteiger partial charge < -0.3 is 5.21 Å². The first-order valence-electron chi connectivity index (χ1n) is 6.72. The number of hydrogen-bond donors (Lipinski definition) is 1. The topological polar surface area (TPSA) is 35.9 Å². The van der Waals surface area contributed by atoms with E-state index in [-0.39, 0.29) is 11.1 Å². The summed E-state index contributed by atoms with van der Waals surface area (Å²) in [6.07, 6.45) is 0. The molecule has 1 aromatic rings. The van der Waals surface area contributed by atoms with E-state index in [0.717, 1.165) is 5.56 Å². The molecule has 0 atom stereocenters. The molecule has 1 heterocycles. The van der Waals surface area contributed by atoms with Crippen molar-refractivity contribution in [3.05, 3.63) is 35.9 Å². The lowest BCUT2D eigenvalue weighted by molar-refractivity contribution is -0.310. The van der Waals surface area contributed by atoms with E-state index < -0.39 is 0 Å².